The lowest BCUT2D eigenvalue weighted by Crippen LogP contribution is -1.95. The minimum Gasteiger partial charge on any atom is -0.326 e. The summed E-state index contributed by atoms with van der Waals surface area (Å²) < 4.78 is 0. The van der Waals surface area contributed by atoms with Crippen LogP contribution in [0.2, 0.25) is 0 Å². The summed E-state index contributed by atoms with van der Waals surface area (Å²) in [7, 11) is 0. The molecular weight excluding hydrogens is 236 g/mol. The Bertz CT molecular complexity index is 656. The topological polar surface area (TPSA) is 67.6 Å². The Morgan fingerprint density at radius 1 is 1.00 bits per heavy atom. The van der Waals surface area contributed by atoms with Gasteiger partial charge in [-0.3, -0.25) is 10.1 Å². The van der Waals surface area contributed by atoms with Crippen molar-refractivity contribution in [1.29, 1.82) is 0 Å². The van der Waals surface area contributed by atoms with E-state index >= 15 is 0 Å². The molecule has 0 spiro atoms. The van der Waals surface area contributed by atoms with Crippen molar-refractivity contribution < 1.29 is 0 Å². The van der Waals surface area contributed by atoms with E-state index in [-0.39, 0.29) is 0 Å². The van der Waals surface area contributed by atoms with Gasteiger partial charge in [-0.1, -0.05) is 24.3 Å². The summed E-state index contributed by atoms with van der Waals surface area (Å²) in [5, 5.41) is 7.17. The molecule has 0 aliphatic rings. The summed E-state index contributed by atoms with van der Waals surface area (Å²) in [4.78, 5) is 4.14. The third-order valence-electron chi connectivity index (χ3n) is 3.09. The lowest BCUT2D eigenvalue weighted by atomic mass is 10.0. The number of hydrogen-bond acceptors (Lipinski definition) is 3. The zero-order chi connectivity index (χ0) is 13.1. The molecule has 0 saturated carbocycles. The van der Waals surface area contributed by atoms with Gasteiger partial charge in [0.2, 0.25) is 0 Å². The summed E-state index contributed by atoms with van der Waals surface area (Å²) in [6.45, 7) is 0.557. The lowest BCUT2D eigenvalue weighted by molar-refractivity contribution is 1.07. The van der Waals surface area contributed by atoms with E-state index in [0.717, 1.165) is 27.9 Å². The van der Waals surface area contributed by atoms with Crippen molar-refractivity contribution in [3.8, 4) is 22.4 Å². The van der Waals surface area contributed by atoms with E-state index in [1.165, 1.54) is 0 Å². The van der Waals surface area contributed by atoms with Crippen molar-refractivity contribution in [2.45, 2.75) is 6.54 Å². The molecule has 3 rings (SSSR count). The minimum absolute atomic E-state index is 0.557. The number of rotatable bonds is 3. The predicted molar refractivity (Wildman–Crippen MR) is 75.1 cm³/mol. The van der Waals surface area contributed by atoms with Gasteiger partial charge in [-0.25, -0.2) is 0 Å². The summed E-state index contributed by atoms with van der Waals surface area (Å²) in [6, 6.07) is 12.1. The smallest absolute Gasteiger partial charge is 0.0744 e. The molecular formula is C15H14N4. The molecule has 0 aliphatic heterocycles. The van der Waals surface area contributed by atoms with Crippen molar-refractivity contribution in [3.63, 3.8) is 0 Å². The largest absolute Gasteiger partial charge is 0.326 e. The number of pyridine rings is 1. The number of nitrogens with two attached hydrogens (primary N) is 1. The third-order valence-corrected chi connectivity index (χ3v) is 3.09. The molecule has 0 radical (unpaired) electrons. The van der Waals surface area contributed by atoms with Gasteiger partial charge in [0.1, 0.15) is 0 Å². The first-order valence-corrected chi connectivity index (χ1v) is 6.11. The van der Waals surface area contributed by atoms with E-state index in [9.17, 15) is 0 Å². The number of nitrogens with zero attached hydrogens (tertiary/aromatic N) is 2. The van der Waals surface area contributed by atoms with Gasteiger partial charge in [-0.15, -0.1) is 0 Å². The Labute approximate surface area is 111 Å². The fraction of sp³-hybridized carbons (Fsp3) is 0.0667. The molecule has 0 aliphatic carbocycles. The van der Waals surface area contributed by atoms with Crippen LogP contribution in [0.15, 0.2) is 55.0 Å². The molecule has 0 amide bonds. The SMILES string of the molecule is NCc1ccc(-c2cn[nH]c2-c2cccnc2)cc1. The van der Waals surface area contributed by atoms with Gasteiger partial charge >= 0.3 is 0 Å². The van der Waals surface area contributed by atoms with Crippen molar-refractivity contribution in [1.82, 2.24) is 15.2 Å². The van der Waals surface area contributed by atoms with Crippen molar-refractivity contribution in [2.24, 2.45) is 5.73 Å². The number of H-pyrrole nitrogens is 1. The van der Waals surface area contributed by atoms with E-state index < -0.39 is 0 Å². The molecule has 2 heterocycles. The maximum atomic E-state index is 5.61. The first-order chi connectivity index (χ1) is 9.38. The zero-order valence-corrected chi connectivity index (χ0v) is 10.4. The Morgan fingerprint density at radius 3 is 2.53 bits per heavy atom. The molecule has 0 fully saturated rings. The quantitative estimate of drug-likeness (QED) is 0.750. The molecule has 4 nitrogen and oxygen atoms in total. The van der Waals surface area contributed by atoms with Crippen molar-refractivity contribution in [2.75, 3.05) is 0 Å². The summed E-state index contributed by atoms with van der Waals surface area (Å²) in [6.07, 6.45) is 5.42. The molecule has 3 aromatic rings. The van der Waals surface area contributed by atoms with E-state index in [1.54, 1.807) is 6.20 Å². The van der Waals surface area contributed by atoms with E-state index in [2.05, 4.69) is 27.3 Å². The summed E-state index contributed by atoms with van der Waals surface area (Å²) >= 11 is 0. The van der Waals surface area contributed by atoms with Crippen LogP contribution >= 0.6 is 0 Å². The van der Waals surface area contributed by atoms with Crippen LogP contribution in [0.25, 0.3) is 22.4 Å². The molecule has 94 valence electrons. The van der Waals surface area contributed by atoms with Crippen LogP contribution in [0.3, 0.4) is 0 Å². The van der Waals surface area contributed by atoms with Gasteiger partial charge in [0, 0.05) is 30.1 Å². The van der Waals surface area contributed by atoms with Crippen LogP contribution in [-0.2, 0) is 6.54 Å². The van der Waals surface area contributed by atoms with Gasteiger partial charge in [0.15, 0.2) is 0 Å². The van der Waals surface area contributed by atoms with Gasteiger partial charge < -0.3 is 5.73 Å². The second-order valence-electron chi connectivity index (χ2n) is 4.30. The van der Waals surface area contributed by atoms with Gasteiger partial charge in [-0.05, 0) is 23.3 Å². The first-order valence-electron chi connectivity index (χ1n) is 6.11. The summed E-state index contributed by atoms with van der Waals surface area (Å²) in [5.74, 6) is 0. The highest BCUT2D eigenvalue weighted by Gasteiger charge is 2.09. The van der Waals surface area contributed by atoms with Crippen molar-refractivity contribution in [3.05, 3.63) is 60.6 Å². The highest BCUT2D eigenvalue weighted by Crippen LogP contribution is 2.29. The second kappa shape index (κ2) is 5.04. The Morgan fingerprint density at radius 2 is 1.84 bits per heavy atom. The average Bonchev–Trinajstić information content (AvgIpc) is 2.98. The highest BCUT2D eigenvalue weighted by atomic mass is 15.1. The molecule has 0 saturated heterocycles. The standard InChI is InChI=1S/C15H14N4/c16-8-11-3-5-12(6-4-11)14-10-18-19-15(14)13-2-1-7-17-9-13/h1-7,9-10H,8,16H2,(H,18,19). The minimum atomic E-state index is 0.557. The van der Waals surface area contributed by atoms with Gasteiger partial charge in [0.25, 0.3) is 0 Å². The lowest BCUT2D eigenvalue weighted by Gasteiger charge is -2.04. The second-order valence-corrected chi connectivity index (χ2v) is 4.30. The molecule has 0 unspecified atom stereocenters. The molecule has 0 bridgehead atoms. The first kappa shape index (κ1) is 11.6. The normalized spacial score (nSPS) is 10.6. The number of aromatic amines is 1. The fourth-order valence-electron chi connectivity index (χ4n) is 2.06. The Balaban J connectivity index is 2.04. The number of hydrogen-bond donors (Lipinski definition) is 2. The molecule has 1 aromatic carbocycles. The summed E-state index contributed by atoms with van der Waals surface area (Å²) in [5.41, 5.74) is 10.9. The molecule has 0 atom stereocenters. The van der Waals surface area contributed by atoms with E-state index in [1.807, 2.05) is 36.7 Å². The van der Waals surface area contributed by atoms with Crippen LogP contribution in [0.1, 0.15) is 5.56 Å². The number of aromatic nitrogens is 3. The maximum Gasteiger partial charge on any atom is 0.0744 e. The predicted octanol–water partition coefficient (Wildman–Crippen LogP) is 2.60. The van der Waals surface area contributed by atoms with E-state index in [4.69, 9.17) is 5.73 Å². The van der Waals surface area contributed by atoms with Crippen LogP contribution in [-0.4, -0.2) is 15.2 Å². The molecule has 19 heavy (non-hydrogen) atoms. The maximum absolute atomic E-state index is 5.61. The third kappa shape index (κ3) is 2.26. The average molecular weight is 250 g/mol. The molecule has 3 N–H and O–H groups in total. The van der Waals surface area contributed by atoms with Crippen molar-refractivity contribution >= 4 is 0 Å². The fourth-order valence-corrected chi connectivity index (χ4v) is 2.06. The van der Waals surface area contributed by atoms with Crippen LogP contribution in [0.4, 0.5) is 0 Å². The Kier molecular flexibility index (Phi) is 3.08. The number of benzene rings is 1. The molecule has 4 heteroatoms. The Hall–Kier alpha value is -2.46. The van der Waals surface area contributed by atoms with Crippen LogP contribution in [0, 0.1) is 0 Å². The van der Waals surface area contributed by atoms with Crippen LogP contribution < -0.4 is 5.73 Å². The van der Waals surface area contributed by atoms with Gasteiger partial charge in [0.05, 0.1) is 11.9 Å². The van der Waals surface area contributed by atoms with E-state index in [0.29, 0.717) is 6.54 Å². The van der Waals surface area contributed by atoms with Crippen LogP contribution in [0.5, 0.6) is 0 Å². The monoisotopic (exact) mass is 250 g/mol. The van der Waals surface area contributed by atoms with Gasteiger partial charge in [-0.2, -0.15) is 5.10 Å². The highest BCUT2D eigenvalue weighted by molar-refractivity contribution is 5.79. The zero-order valence-electron chi connectivity index (χ0n) is 10.4. The molecule has 2 aromatic heterocycles. The number of nitrogens with one attached hydrogen (secondary N) is 1.